The minimum absolute atomic E-state index is 0.286. The Labute approximate surface area is 110 Å². The van der Waals surface area contributed by atoms with Crippen molar-refractivity contribution in [1.82, 2.24) is 9.97 Å². The van der Waals surface area contributed by atoms with Gasteiger partial charge in [-0.05, 0) is 18.2 Å². The lowest BCUT2D eigenvalue weighted by Crippen LogP contribution is -2.24. The van der Waals surface area contributed by atoms with Gasteiger partial charge in [-0.2, -0.15) is 0 Å². The molecular weight excluding hydrogens is 254 g/mol. The largest absolute Gasteiger partial charge is 0.389 e. The fourth-order valence-corrected chi connectivity index (χ4v) is 1.72. The Bertz CT molecular complexity index is 536. The molecule has 0 radical (unpaired) electrons. The number of rotatable bonds is 5. The number of halogens is 1. The highest BCUT2D eigenvalue weighted by molar-refractivity contribution is 6.31. The van der Waals surface area contributed by atoms with E-state index >= 15 is 0 Å². The second kappa shape index (κ2) is 5.95. The van der Waals surface area contributed by atoms with Crippen LogP contribution in [-0.2, 0) is 4.74 Å². The Morgan fingerprint density at radius 1 is 1.50 bits per heavy atom. The molecule has 2 aromatic heterocycles. The predicted octanol–water partition coefficient (Wildman–Crippen LogP) is 1.70. The summed E-state index contributed by atoms with van der Waals surface area (Å²) >= 11 is 5.84. The van der Waals surface area contributed by atoms with Crippen LogP contribution < -0.4 is 5.32 Å². The topological polar surface area (TPSA) is 67.3 Å². The van der Waals surface area contributed by atoms with E-state index < -0.39 is 6.10 Å². The van der Waals surface area contributed by atoms with Gasteiger partial charge in [0, 0.05) is 25.2 Å². The van der Waals surface area contributed by atoms with Gasteiger partial charge in [-0.1, -0.05) is 11.6 Å². The average molecular weight is 268 g/mol. The maximum Gasteiger partial charge on any atom is 0.161 e. The summed E-state index contributed by atoms with van der Waals surface area (Å²) in [5, 5.41) is 14.0. The highest BCUT2D eigenvalue weighted by Crippen LogP contribution is 2.17. The van der Waals surface area contributed by atoms with Crippen molar-refractivity contribution in [1.29, 1.82) is 0 Å². The van der Waals surface area contributed by atoms with Crippen molar-refractivity contribution in [3.8, 4) is 0 Å². The summed E-state index contributed by atoms with van der Waals surface area (Å²) in [6, 6.07) is 5.51. The first-order valence-corrected chi connectivity index (χ1v) is 5.90. The van der Waals surface area contributed by atoms with Gasteiger partial charge in [0.15, 0.2) is 5.65 Å². The number of pyridine rings is 2. The molecule has 0 aliphatic heterocycles. The van der Waals surface area contributed by atoms with Gasteiger partial charge in [-0.3, -0.25) is 0 Å². The number of nitrogens with zero attached hydrogens (tertiary/aromatic N) is 2. The molecule has 0 aliphatic rings. The van der Waals surface area contributed by atoms with E-state index in [-0.39, 0.29) is 6.61 Å². The third-order valence-corrected chi connectivity index (χ3v) is 2.59. The molecule has 0 unspecified atom stereocenters. The lowest BCUT2D eigenvalue weighted by atomic mass is 10.3. The molecular formula is C12H14ClN3O2. The van der Waals surface area contributed by atoms with E-state index in [9.17, 15) is 5.11 Å². The summed E-state index contributed by atoms with van der Waals surface area (Å²) in [6.45, 7) is 0.661. The van der Waals surface area contributed by atoms with Crippen LogP contribution in [0.25, 0.3) is 11.0 Å². The van der Waals surface area contributed by atoms with Crippen molar-refractivity contribution < 1.29 is 9.84 Å². The molecule has 0 saturated heterocycles. The Kier molecular flexibility index (Phi) is 4.30. The molecule has 0 aromatic carbocycles. The van der Waals surface area contributed by atoms with Gasteiger partial charge in [0.25, 0.3) is 0 Å². The molecule has 2 rings (SSSR count). The number of methoxy groups -OCH3 is 1. The molecule has 2 heterocycles. The van der Waals surface area contributed by atoms with Crippen LogP contribution in [0.1, 0.15) is 0 Å². The molecule has 0 bridgehead atoms. The van der Waals surface area contributed by atoms with E-state index in [1.165, 1.54) is 0 Å². The fraction of sp³-hybridized carbons (Fsp3) is 0.333. The lowest BCUT2D eigenvalue weighted by Gasteiger charge is -2.11. The molecule has 6 heteroatoms. The van der Waals surface area contributed by atoms with E-state index in [4.69, 9.17) is 16.3 Å². The molecule has 1 atom stereocenters. The SMILES string of the molecule is COC[C@H](O)CNc1ccc2cc(Cl)cnc2n1. The standard InChI is InChI=1S/C12H14ClN3O2/c1-18-7-10(17)6-14-11-3-2-8-4-9(13)5-15-12(8)16-11/h2-5,10,17H,6-7H2,1H3,(H,14,15,16)/t10-/m1/s1. The second-order valence-corrected chi connectivity index (χ2v) is 4.32. The summed E-state index contributed by atoms with van der Waals surface area (Å²) in [6.07, 6.45) is 0.992. The summed E-state index contributed by atoms with van der Waals surface area (Å²) in [7, 11) is 1.55. The van der Waals surface area contributed by atoms with Crippen molar-refractivity contribution in [3.05, 3.63) is 29.4 Å². The van der Waals surface area contributed by atoms with Crippen molar-refractivity contribution in [2.24, 2.45) is 0 Å². The van der Waals surface area contributed by atoms with Crippen molar-refractivity contribution >= 4 is 28.5 Å². The zero-order valence-corrected chi connectivity index (χ0v) is 10.7. The van der Waals surface area contributed by atoms with Gasteiger partial charge in [0.1, 0.15) is 5.82 Å². The maximum absolute atomic E-state index is 9.51. The number of aliphatic hydroxyl groups excluding tert-OH is 1. The number of nitrogens with one attached hydrogen (secondary N) is 1. The second-order valence-electron chi connectivity index (χ2n) is 3.89. The lowest BCUT2D eigenvalue weighted by molar-refractivity contribution is 0.0727. The van der Waals surface area contributed by atoms with Crippen molar-refractivity contribution in [2.75, 3.05) is 25.6 Å². The molecule has 0 fully saturated rings. The van der Waals surface area contributed by atoms with Crippen molar-refractivity contribution in [2.45, 2.75) is 6.10 Å². The maximum atomic E-state index is 9.51. The zero-order valence-electron chi connectivity index (χ0n) is 9.93. The summed E-state index contributed by atoms with van der Waals surface area (Å²) in [4.78, 5) is 8.45. The predicted molar refractivity (Wildman–Crippen MR) is 70.9 cm³/mol. The Morgan fingerprint density at radius 2 is 2.33 bits per heavy atom. The van der Waals surface area contributed by atoms with Crippen LogP contribution in [0.3, 0.4) is 0 Å². The number of ether oxygens (including phenoxy) is 1. The van der Waals surface area contributed by atoms with Crippen LogP contribution in [0.2, 0.25) is 5.02 Å². The third-order valence-electron chi connectivity index (χ3n) is 2.39. The third kappa shape index (κ3) is 3.29. The first kappa shape index (κ1) is 13.0. The number of hydrogen-bond donors (Lipinski definition) is 2. The highest BCUT2D eigenvalue weighted by atomic mass is 35.5. The van der Waals surface area contributed by atoms with Crippen LogP contribution in [-0.4, -0.2) is 41.4 Å². The van der Waals surface area contributed by atoms with Gasteiger partial charge in [-0.15, -0.1) is 0 Å². The molecule has 2 aromatic rings. The highest BCUT2D eigenvalue weighted by Gasteiger charge is 2.04. The van der Waals surface area contributed by atoms with E-state index in [0.717, 1.165) is 5.39 Å². The quantitative estimate of drug-likeness (QED) is 0.863. The van der Waals surface area contributed by atoms with Crippen LogP contribution >= 0.6 is 11.6 Å². The summed E-state index contributed by atoms with van der Waals surface area (Å²) in [5.74, 6) is 0.660. The van der Waals surface area contributed by atoms with Crippen LogP contribution in [0.15, 0.2) is 24.4 Å². The van der Waals surface area contributed by atoms with Crippen LogP contribution in [0.5, 0.6) is 0 Å². The molecule has 0 aliphatic carbocycles. The van der Waals surface area contributed by atoms with Crippen LogP contribution in [0.4, 0.5) is 5.82 Å². The van der Waals surface area contributed by atoms with Gasteiger partial charge in [0.05, 0.1) is 17.7 Å². The smallest absolute Gasteiger partial charge is 0.161 e. The van der Waals surface area contributed by atoms with E-state index in [1.54, 1.807) is 19.4 Å². The normalized spacial score (nSPS) is 12.6. The monoisotopic (exact) mass is 267 g/mol. The van der Waals surface area contributed by atoms with Crippen LogP contribution in [0, 0.1) is 0 Å². The van der Waals surface area contributed by atoms with Crippen molar-refractivity contribution in [3.63, 3.8) is 0 Å². The molecule has 96 valence electrons. The molecule has 18 heavy (non-hydrogen) atoms. The first-order chi connectivity index (χ1) is 8.69. The van der Waals surface area contributed by atoms with E-state index in [0.29, 0.717) is 23.0 Å². The Hall–Kier alpha value is -1.43. The minimum Gasteiger partial charge on any atom is -0.389 e. The summed E-state index contributed by atoms with van der Waals surface area (Å²) < 4.78 is 4.84. The summed E-state index contributed by atoms with van der Waals surface area (Å²) in [5.41, 5.74) is 0.616. The number of anilines is 1. The average Bonchev–Trinajstić information content (AvgIpc) is 2.36. The Morgan fingerprint density at radius 3 is 3.11 bits per heavy atom. The van der Waals surface area contributed by atoms with Gasteiger partial charge in [0.2, 0.25) is 0 Å². The Balaban J connectivity index is 2.08. The van der Waals surface area contributed by atoms with Gasteiger partial charge < -0.3 is 15.2 Å². The molecule has 0 saturated carbocycles. The van der Waals surface area contributed by atoms with Gasteiger partial charge in [-0.25, -0.2) is 9.97 Å². The number of hydrogen-bond acceptors (Lipinski definition) is 5. The van der Waals surface area contributed by atoms with Gasteiger partial charge >= 0.3 is 0 Å². The fourth-order valence-electron chi connectivity index (χ4n) is 1.56. The molecule has 2 N–H and O–H groups in total. The zero-order chi connectivity index (χ0) is 13.0. The number of fused-ring (bicyclic) bond motifs is 1. The number of aliphatic hydroxyl groups is 1. The molecule has 0 spiro atoms. The van der Waals surface area contributed by atoms with E-state index in [2.05, 4.69) is 15.3 Å². The van der Waals surface area contributed by atoms with E-state index in [1.807, 2.05) is 12.1 Å². The number of aromatic nitrogens is 2. The first-order valence-electron chi connectivity index (χ1n) is 5.52. The molecule has 5 nitrogen and oxygen atoms in total. The molecule has 0 amide bonds. The minimum atomic E-state index is -0.564.